The molecule has 4 rings (SSSR count). The summed E-state index contributed by atoms with van der Waals surface area (Å²) in [4.78, 5) is 32.7. The van der Waals surface area contributed by atoms with E-state index in [1.54, 1.807) is 29.3 Å². The van der Waals surface area contributed by atoms with Gasteiger partial charge in [-0.05, 0) is 43.5 Å². The molecule has 3 aromatic rings. The van der Waals surface area contributed by atoms with E-state index in [1.165, 1.54) is 11.3 Å². The Hall–Kier alpha value is -2.18. The van der Waals surface area contributed by atoms with Crippen molar-refractivity contribution in [1.82, 2.24) is 14.3 Å². The summed E-state index contributed by atoms with van der Waals surface area (Å²) in [5.41, 5.74) is 2.00. The molecule has 1 aliphatic rings. The third-order valence-electron chi connectivity index (χ3n) is 4.85. The molecule has 2 aromatic heterocycles. The number of nitrogens with zero attached hydrogens (tertiary/aromatic N) is 3. The number of amides is 1. The number of thiazole rings is 1. The third kappa shape index (κ3) is 3.15. The van der Waals surface area contributed by atoms with Gasteiger partial charge in [-0.3, -0.25) is 14.0 Å². The highest BCUT2D eigenvalue weighted by Crippen LogP contribution is 2.25. The molecular formula is C19H18ClN3O2S. The molecule has 0 radical (unpaired) electrons. The van der Waals surface area contributed by atoms with Crippen molar-refractivity contribution < 1.29 is 9.59 Å². The zero-order chi connectivity index (χ0) is 18.3. The molecule has 0 bridgehead atoms. The number of likely N-dealkylation sites (tertiary alicyclic amines) is 1. The highest BCUT2D eigenvalue weighted by molar-refractivity contribution is 7.15. The van der Waals surface area contributed by atoms with Crippen LogP contribution in [0.3, 0.4) is 0 Å². The predicted molar refractivity (Wildman–Crippen MR) is 102 cm³/mol. The van der Waals surface area contributed by atoms with E-state index in [2.05, 4.69) is 4.98 Å². The first-order valence-electron chi connectivity index (χ1n) is 8.55. The molecule has 5 nitrogen and oxygen atoms in total. The maximum absolute atomic E-state index is 12.9. The number of piperidine rings is 1. The quantitative estimate of drug-likeness (QED) is 0.636. The van der Waals surface area contributed by atoms with Crippen molar-refractivity contribution in [3.8, 4) is 0 Å². The molecule has 1 amide bonds. The maximum Gasteiger partial charge on any atom is 0.274 e. The van der Waals surface area contributed by atoms with E-state index in [1.807, 2.05) is 22.9 Å². The predicted octanol–water partition coefficient (Wildman–Crippen LogP) is 4.09. The molecule has 0 saturated carbocycles. The van der Waals surface area contributed by atoms with Gasteiger partial charge in [-0.1, -0.05) is 11.6 Å². The number of imidazole rings is 1. The average Bonchev–Trinajstić information content (AvgIpc) is 3.22. The molecule has 0 unspecified atom stereocenters. The van der Waals surface area contributed by atoms with Crippen molar-refractivity contribution in [2.24, 2.45) is 5.92 Å². The Labute approximate surface area is 160 Å². The third-order valence-corrected chi connectivity index (χ3v) is 5.85. The summed E-state index contributed by atoms with van der Waals surface area (Å²) in [5.74, 6) is -0.204. The largest absolute Gasteiger partial charge is 0.337 e. The van der Waals surface area contributed by atoms with E-state index in [0.29, 0.717) is 29.4 Å². The second-order valence-corrected chi connectivity index (χ2v) is 7.94. The molecule has 1 atom stereocenters. The SMILES string of the molecule is Cc1cc(Cl)ccc1C(=O)[C@H]1CCCN(C(=O)c2cn3ccsc3n2)C1. The molecule has 134 valence electrons. The Bertz CT molecular complexity index is 965. The van der Waals surface area contributed by atoms with Crippen LogP contribution in [0.2, 0.25) is 5.02 Å². The number of carbonyl (C=O) groups is 2. The van der Waals surface area contributed by atoms with Crippen LogP contribution >= 0.6 is 22.9 Å². The van der Waals surface area contributed by atoms with Crippen molar-refractivity contribution in [3.05, 3.63) is 57.8 Å². The van der Waals surface area contributed by atoms with Gasteiger partial charge in [0.25, 0.3) is 5.91 Å². The number of aryl methyl sites for hydroxylation is 1. The fourth-order valence-electron chi connectivity index (χ4n) is 3.49. The summed E-state index contributed by atoms with van der Waals surface area (Å²) >= 11 is 7.49. The first-order chi connectivity index (χ1) is 12.5. The lowest BCUT2D eigenvalue weighted by Gasteiger charge is -2.31. The van der Waals surface area contributed by atoms with Crippen LogP contribution in [0, 0.1) is 12.8 Å². The van der Waals surface area contributed by atoms with Crippen molar-refractivity contribution in [2.45, 2.75) is 19.8 Å². The van der Waals surface area contributed by atoms with Crippen LogP contribution in [0.1, 0.15) is 39.3 Å². The molecule has 1 saturated heterocycles. The summed E-state index contributed by atoms with van der Waals surface area (Å²) in [6.45, 7) is 2.99. The number of hydrogen-bond acceptors (Lipinski definition) is 4. The van der Waals surface area contributed by atoms with E-state index in [-0.39, 0.29) is 17.6 Å². The van der Waals surface area contributed by atoms with Gasteiger partial charge in [0.15, 0.2) is 10.7 Å². The maximum atomic E-state index is 12.9. The topological polar surface area (TPSA) is 54.7 Å². The first kappa shape index (κ1) is 17.2. The lowest BCUT2D eigenvalue weighted by molar-refractivity contribution is 0.0632. The van der Waals surface area contributed by atoms with Crippen molar-refractivity contribution in [3.63, 3.8) is 0 Å². The monoisotopic (exact) mass is 387 g/mol. The summed E-state index contributed by atoms with van der Waals surface area (Å²) < 4.78 is 1.85. The van der Waals surface area contributed by atoms with Crippen LogP contribution in [-0.2, 0) is 0 Å². The van der Waals surface area contributed by atoms with Gasteiger partial charge in [-0.2, -0.15) is 0 Å². The molecule has 0 N–H and O–H groups in total. The van der Waals surface area contributed by atoms with Gasteiger partial charge in [0.2, 0.25) is 0 Å². The van der Waals surface area contributed by atoms with E-state index < -0.39 is 0 Å². The van der Waals surface area contributed by atoms with Gasteiger partial charge in [0.1, 0.15) is 5.69 Å². The highest BCUT2D eigenvalue weighted by atomic mass is 35.5. The standard InChI is InChI=1S/C19H18ClN3O2S/c1-12-9-14(20)4-5-15(12)17(24)13-3-2-6-22(10-13)18(25)16-11-23-7-8-26-19(23)21-16/h4-5,7-9,11,13H,2-3,6,10H2,1H3/t13-/m0/s1. The van der Waals surface area contributed by atoms with Crippen LogP contribution < -0.4 is 0 Å². The fraction of sp³-hybridized carbons (Fsp3) is 0.316. The molecule has 1 aromatic carbocycles. The molecule has 0 aliphatic carbocycles. The molecule has 26 heavy (non-hydrogen) atoms. The van der Waals surface area contributed by atoms with E-state index in [4.69, 9.17) is 11.6 Å². The fourth-order valence-corrected chi connectivity index (χ4v) is 4.42. The average molecular weight is 388 g/mol. The van der Waals surface area contributed by atoms with E-state index in [9.17, 15) is 9.59 Å². The molecule has 7 heteroatoms. The molecule has 1 fully saturated rings. The minimum Gasteiger partial charge on any atom is -0.337 e. The van der Waals surface area contributed by atoms with Crippen molar-refractivity contribution >= 4 is 39.6 Å². The van der Waals surface area contributed by atoms with Gasteiger partial charge in [-0.15, -0.1) is 11.3 Å². The zero-order valence-electron chi connectivity index (χ0n) is 14.3. The summed E-state index contributed by atoms with van der Waals surface area (Å²) in [6, 6.07) is 5.33. The highest BCUT2D eigenvalue weighted by Gasteiger charge is 2.31. The van der Waals surface area contributed by atoms with Gasteiger partial charge >= 0.3 is 0 Å². The number of Topliss-reactive ketones (excluding diaryl/α,β-unsaturated/α-hetero) is 1. The van der Waals surface area contributed by atoms with E-state index in [0.717, 1.165) is 23.4 Å². The van der Waals surface area contributed by atoms with Crippen LogP contribution in [-0.4, -0.2) is 39.1 Å². The van der Waals surface area contributed by atoms with Gasteiger partial charge in [-0.25, -0.2) is 4.98 Å². The summed E-state index contributed by atoms with van der Waals surface area (Å²) in [5, 5.41) is 2.56. The summed E-state index contributed by atoms with van der Waals surface area (Å²) in [7, 11) is 0. The number of carbonyl (C=O) groups excluding carboxylic acids is 2. The Morgan fingerprint density at radius 3 is 2.96 bits per heavy atom. The first-order valence-corrected chi connectivity index (χ1v) is 9.80. The van der Waals surface area contributed by atoms with Crippen LogP contribution in [0.5, 0.6) is 0 Å². The second-order valence-electron chi connectivity index (χ2n) is 6.63. The minimum absolute atomic E-state index is 0.0856. The smallest absolute Gasteiger partial charge is 0.274 e. The number of fused-ring (bicyclic) bond motifs is 1. The Balaban J connectivity index is 1.52. The number of aromatic nitrogens is 2. The number of rotatable bonds is 3. The van der Waals surface area contributed by atoms with Gasteiger partial charge in [0, 0.05) is 47.4 Å². The van der Waals surface area contributed by atoms with Crippen molar-refractivity contribution in [1.29, 1.82) is 0 Å². The Morgan fingerprint density at radius 1 is 1.35 bits per heavy atom. The Kier molecular flexibility index (Phi) is 4.54. The number of ketones is 1. The normalized spacial score (nSPS) is 17.6. The molecule has 1 aliphatic heterocycles. The summed E-state index contributed by atoms with van der Waals surface area (Å²) in [6.07, 6.45) is 5.25. The second kappa shape index (κ2) is 6.85. The van der Waals surface area contributed by atoms with Crippen molar-refractivity contribution in [2.75, 3.05) is 13.1 Å². The van der Waals surface area contributed by atoms with Gasteiger partial charge in [0.05, 0.1) is 0 Å². The lowest BCUT2D eigenvalue weighted by atomic mass is 9.88. The van der Waals surface area contributed by atoms with Crippen LogP contribution in [0.25, 0.3) is 4.96 Å². The zero-order valence-corrected chi connectivity index (χ0v) is 15.9. The van der Waals surface area contributed by atoms with E-state index >= 15 is 0 Å². The lowest BCUT2D eigenvalue weighted by Crippen LogP contribution is -2.42. The Morgan fingerprint density at radius 2 is 2.19 bits per heavy atom. The number of hydrogen-bond donors (Lipinski definition) is 0. The van der Waals surface area contributed by atoms with Gasteiger partial charge < -0.3 is 4.90 Å². The minimum atomic E-state index is -0.184. The van der Waals surface area contributed by atoms with Crippen LogP contribution in [0.15, 0.2) is 36.0 Å². The molecule has 0 spiro atoms. The molecular weight excluding hydrogens is 370 g/mol. The number of benzene rings is 1. The number of halogens is 1. The van der Waals surface area contributed by atoms with Crippen LogP contribution in [0.4, 0.5) is 0 Å². The molecule has 3 heterocycles.